The molecule has 3 nitrogen and oxygen atoms in total. The number of rotatable bonds is 3. The molecule has 1 heterocycles. The van der Waals surface area contributed by atoms with Crippen LogP contribution in [-0.4, -0.2) is 13.2 Å². The first-order valence-corrected chi connectivity index (χ1v) is 6.82. The minimum atomic E-state index is 0.174. The Morgan fingerprint density at radius 1 is 1.53 bits per heavy atom. The van der Waals surface area contributed by atoms with Gasteiger partial charge in [-0.1, -0.05) is 28.1 Å². The molecule has 4 heteroatoms. The summed E-state index contributed by atoms with van der Waals surface area (Å²) in [4.78, 5) is 0. The highest BCUT2D eigenvalue weighted by atomic mass is 79.9. The SMILES string of the molecule is Cc1c(Br)cccc1C(NN)C1CCCOC1. The predicted molar refractivity (Wildman–Crippen MR) is 72.5 cm³/mol. The Morgan fingerprint density at radius 2 is 2.35 bits per heavy atom. The van der Waals surface area contributed by atoms with Crippen molar-refractivity contribution in [3.05, 3.63) is 33.8 Å². The lowest BCUT2D eigenvalue weighted by atomic mass is 9.87. The maximum atomic E-state index is 5.73. The second-order valence-corrected chi connectivity index (χ2v) is 5.43. The van der Waals surface area contributed by atoms with E-state index in [0.29, 0.717) is 5.92 Å². The Labute approximate surface area is 111 Å². The number of ether oxygens (including phenoxy) is 1. The minimum Gasteiger partial charge on any atom is -0.381 e. The number of halogens is 1. The van der Waals surface area contributed by atoms with Gasteiger partial charge in [-0.3, -0.25) is 11.3 Å². The molecule has 2 atom stereocenters. The van der Waals surface area contributed by atoms with Crippen LogP contribution in [0.2, 0.25) is 0 Å². The van der Waals surface area contributed by atoms with Crippen LogP contribution in [0.4, 0.5) is 0 Å². The first-order valence-electron chi connectivity index (χ1n) is 6.03. The number of nitrogens with one attached hydrogen (secondary N) is 1. The lowest BCUT2D eigenvalue weighted by Crippen LogP contribution is -2.37. The standard InChI is InChI=1S/C13H19BrN2O/c1-9-11(5-2-6-12(9)14)13(16-15)10-4-3-7-17-8-10/h2,5-6,10,13,16H,3-4,7-8,15H2,1H3. The molecule has 1 fully saturated rings. The monoisotopic (exact) mass is 298 g/mol. The number of hydrogen-bond acceptors (Lipinski definition) is 3. The van der Waals surface area contributed by atoms with E-state index in [1.807, 2.05) is 0 Å². The average molecular weight is 299 g/mol. The van der Waals surface area contributed by atoms with Crippen molar-refractivity contribution in [2.75, 3.05) is 13.2 Å². The number of benzene rings is 1. The molecule has 0 bridgehead atoms. The normalized spacial score (nSPS) is 22.4. The van der Waals surface area contributed by atoms with Gasteiger partial charge >= 0.3 is 0 Å². The smallest absolute Gasteiger partial charge is 0.0513 e. The second kappa shape index (κ2) is 5.96. The summed E-state index contributed by atoms with van der Waals surface area (Å²) in [5, 5.41) is 0. The largest absolute Gasteiger partial charge is 0.381 e. The lowest BCUT2D eigenvalue weighted by Gasteiger charge is -2.31. The summed E-state index contributed by atoms with van der Waals surface area (Å²) in [6.07, 6.45) is 2.29. The highest BCUT2D eigenvalue weighted by Crippen LogP contribution is 2.32. The van der Waals surface area contributed by atoms with E-state index in [9.17, 15) is 0 Å². The zero-order valence-corrected chi connectivity index (χ0v) is 11.7. The fraction of sp³-hybridized carbons (Fsp3) is 0.538. The summed E-state index contributed by atoms with van der Waals surface area (Å²) < 4.78 is 6.68. The zero-order valence-electron chi connectivity index (χ0n) is 10.1. The van der Waals surface area contributed by atoms with Crippen LogP contribution in [0, 0.1) is 12.8 Å². The fourth-order valence-corrected chi connectivity index (χ4v) is 2.85. The molecule has 1 aromatic carbocycles. The van der Waals surface area contributed by atoms with Crippen LogP contribution in [0.5, 0.6) is 0 Å². The van der Waals surface area contributed by atoms with Crippen molar-refractivity contribution in [2.45, 2.75) is 25.8 Å². The molecule has 17 heavy (non-hydrogen) atoms. The van der Waals surface area contributed by atoms with Gasteiger partial charge in [0.2, 0.25) is 0 Å². The van der Waals surface area contributed by atoms with Crippen molar-refractivity contribution in [1.29, 1.82) is 0 Å². The minimum absolute atomic E-state index is 0.174. The van der Waals surface area contributed by atoms with Gasteiger partial charge in [0.05, 0.1) is 12.6 Å². The van der Waals surface area contributed by atoms with E-state index in [1.165, 1.54) is 17.5 Å². The molecular weight excluding hydrogens is 280 g/mol. The quantitative estimate of drug-likeness (QED) is 0.666. The summed E-state index contributed by atoms with van der Waals surface area (Å²) >= 11 is 3.57. The highest BCUT2D eigenvalue weighted by Gasteiger charge is 2.26. The van der Waals surface area contributed by atoms with Crippen LogP contribution in [-0.2, 0) is 4.74 Å². The van der Waals surface area contributed by atoms with E-state index in [0.717, 1.165) is 24.1 Å². The Morgan fingerprint density at radius 3 is 3.00 bits per heavy atom. The molecule has 0 amide bonds. The molecule has 94 valence electrons. The summed E-state index contributed by atoms with van der Waals surface area (Å²) in [6, 6.07) is 6.43. The van der Waals surface area contributed by atoms with Crippen molar-refractivity contribution >= 4 is 15.9 Å². The van der Waals surface area contributed by atoms with Crippen molar-refractivity contribution in [2.24, 2.45) is 11.8 Å². The molecule has 0 aliphatic carbocycles. The van der Waals surface area contributed by atoms with Gasteiger partial charge in [-0.15, -0.1) is 0 Å². The maximum absolute atomic E-state index is 5.73. The molecule has 0 aromatic heterocycles. The van der Waals surface area contributed by atoms with Crippen LogP contribution >= 0.6 is 15.9 Å². The van der Waals surface area contributed by atoms with E-state index in [-0.39, 0.29) is 6.04 Å². The molecule has 1 aliphatic rings. The molecule has 0 spiro atoms. The summed E-state index contributed by atoms with van der Waals surface area (Å²) in [5.74, 6) is 6.19. The number of hydrogen-bond donors (Lipinski definition) is 2. The van der Waals surface area contributed by atoms with Gasteiger partial charge in [-0.2, -0.15) is 0 Å². The first kappa shape index (κ1) is 13.0. The Balaban J connectivity index is 2.24. The summed E-state index contributed by atoms with van der Waals surface area (Å²) in [6.45, 7) is 3.79. The second-order valence-electron chi connectivity index (χ2n) is 4.58. The van der Waals surface area contributed by atoms with Crippen LogP contribution in [0.1, 0.15) is 30.0 Å². The molecule has 3 N–H and O–H groups in total. The van der Waals surface area contributed by atoms with Gasteiger partial charge in [-0.05, 0) is 37.0 Å². The topological polar surface area (TPSA) is 47.3 Å². The van der Waals surface area contributed by atoms with E-state index in [1.54, 1.807) is 0 Å². The van der Waals surface area contributed by atoms with Crippen LogP contribution in [0.3, 0.4) is 0 Å². The molecule has 0 radical (unpaired) electrons. The van der Waals surface area contributed by atoms with Crippen LogP contribution < -0.4 is 11.3 Å². The lowest BCUT2D eigenvalue weighted by molar-refractivity contribution is 0.0389. The molecule has 1 aliphatic heterocycles. The zero-order chi connectivity index (χ0) is 12.3. The Kier molecular flexibility index (Phi) is 4.56. The van der Waals surface area contributed by atoms with E-state index in [4.69, 9.17) is 10.6 Å². The predicted octanol–water partition coefficient (Wildman–Crippen LogP) is 2.69. The van der Waals surface area contributed by atoms with E-state index in [2.05, 4.69) is 46.5 Å². The molecule has 2 rings (SSSR count). The Bertz CT molecular complexity index is 378. The van der Waals surface area contributed by atoms with Crippen LogP contribution in [0.15, 0.2) is 22.7 Å². The van der Waals surface area contributed by atoms with E-state index < -0.39 is 0 Å². The number of nitrogens with two attached hydrogens (primary N) is 1. The third kappa shape index (κ3) is 2.88. The van der Waals surface area contributed by atoms with Crippen molar-refractivity contribution in [1.82, 2.24) is 5.43 Å². The molecular formula is C13H19BrN2O. The van der Waals surface area contributed by atoms with Crippen LogP contribution in [0.25, 0.3) is 0 Å². The van der Waals surface area contributed by atoms with Gasteiger partial charge in [0.25, 0.3) is 0 Å². The highest BCUT2D eigenvalue weighted by molar-refractivity contribution is 9.10. The molecule has 0 saturated carbocycles. The van der Waals surface area contributed by atoms with Gasteiger partial charge in [-0.25, -0.2) is 0 Å². The molecule has 2 unspecified atom stereocenters. The third-order valence-corrected chi connectivity index (χ3v) is 4.35. The molecule has 1 aromatic rings. The molecule has 1 saturated heterocycles. The van der Waals surface area contributed by atoms with E-state index >= 15 is 0 Å². The van der Waals surface area contributed by atoms with Gasteiger partial charge in [0, 0.05) is 17.0 Å². The van der Waals surface area contributed by atoms with Crippen molar-refractivity contribution in [3.63, 3.8) is 0 Å². The van der Waals surface area contributed by atoms with Crippen molar-refractivity contribution in [3.8, 4) is 0 Å². The van der Waals surface area contributed by atoms with Gasteiger partial charge < -0.3 is 4.74 Å². The summed E-state index contributed by atoms with van der Waals surface area (Å²) in [5.41, 5.74) is 5.47. The van der Waals surface area contributed by atoms with Gasteiger partial charge in [0.1, 0.15) is 0 Å². The first-order chi connectivity index (χ1) is 8.24. The Hall–Kier alpha value is -0.420. The third-order valence-electron chi connectivity index (χ3n) is 3.49. The fourth-order valence-electron chi connectivity index (χ4n) is 2.47. The summed E-state index contributed by atoms with van der Waals surface area (Å²) in [7, 11) is 0. The van der Waals surface area contributed by atoms with Crippen molar-refractivity contribution < 1.29 is 4.74 Å². The van der Waals surface area contributed by atoms with Gasteiger partial charge in [0.15, 0.2) is 0 Å². The average Bonchev–Trinajstić information content (AvgIpc) is 2.37. The maximum Gasteiger partial charge on any atom is 0.0513 e. The number of hydrazine groups is 1.